The molecule has 0 radical (unpaired) electrons. The molecule has 19 heavy (non-hydrogen) atoms. The van der Waals surface area contributed by atoms with E-state index in [0.717, 1.165) is 19.3 Å². The van der Waals surface area contributed by atoms with Crippen molar-refractivity contribution in [2.75, 3.05) is 7.11 Å². The number of methoxy groups -OCH3 is 1. The maximum absolute atomic E-state index is 9.70. The largest absolute Gasteiger partial charge is 0.508 e. The van der Waals surface area contributed by atoms with Crippen LogP contribution in [0.5, 0.6) is 5.75 Å². The van der Waals surface area contributed by atoms with E-state index < -0.39 is 0 Å². The van der Waals surface area contributed by atoms with Gasteiger partial charge in [0.2, 0.25) is 0 Å². The number of hydrogen-bond donors (Lipinski definition) is 2. The van der Waals surface area contributed by atoms with Gasteiger partial charge in [-0.25, -0.2) is 0 Å². The van der Waals surface area contributed by atoms with Gasteiger partial charge in [-0.05, 0) is 61.8 Å². The van der Waals surface area contributed by atoms with Crippen molar-refractivity contribution in [2.24, 2.45) is 0 Å². The fourth-order valence-corrected chi connectivity index (χ4v) is 3.55. The number of phenolic OH excluding ortho intramolecular Hbond substituents is 1. The highest BCUT2D eigenvalue weighted by Gasteiger charge is 2.28. The first-order chi connectivity index (χ1) is 9.26. The molecule has 2 N–H and O–H groups in total. The monoisotopic (exact) mass is 261 g/mol. The van der Waals surface area contributed by atoms with Gasteiger partial charge >= 0.3 is 0 Å². The number of fused-ring (bicyclic) bond motifs is 1. The van der Waals surface area contributed by atoms with Crippen LogP contribution in [0.2, 0.25) is 0 Å². The predicted molar refractivity (Wildman–Crippen MR) is 75.4 cm³/mol. The molecule has 104 valence electrons. The molecule has 2 aliphatic carbocycles. The molecule has 0 aromatic heterocycles. The van der Waals surface area contributed by atoms with Crippen molar-refractivity contribution in [3.05, 3.63) is 29.3 Å². The molecule has 1 fully saturated rings. The fourth-order valence-electron chi connectivity index (χ4n) is 3.55. The molecule has 1 aromatic carbocycles. The molecule has 2 aliphatic rings. The average Bonchev–Trinajstić information content (AvgIpc) is 2.87. The number of aromatic hydroxyl groups is 1. The number of aryl methyl sites for hydroxylation is 1. The number of hydrogen-bond acceptors (Lipinski definition) is 3. The summed E-state index contributed by atoms with van der Waals surface area (Å²) in [5.74, 6) is 0.383. The summed E-state index contributed by atoms with van der Waals surface area (Å²) in [6.45, 7) is 0. The smallest absolute Gasteiger partial charge is 0.115 e. The molecule has 3 nitrogen and oxygen atoms in total. The van der Waals surface area contributed by atoms with E-state index >= 15 is 0 Å². The molecule has 0 bridgehead atoms. The molecular formula is C16H23NO2. The first kappa shape index (κ1) is 12.9. The fraction of sp³-hybridized carbons (Fsp3) is 0.625. The van der Waals surface area contributed by atoms with E-state index in [2.05, 4.69) is 11.4 Å². The van der Waals surface area contributed by atoms with Gasteiger partial charge in [0, 0.05) is 19.2 Å². The van der Waals surface area contributed by atoms with Gasteiger partial charge in [-0.1, -0.05) is 6.07 Å². The summed E-state index contributed by atoms with van der Waals surface area (Å²) in [5.41, 5.74) is 2.69. The second-order valence-electron chi connectivity index (χ2n) is 5.86. The highest BCUT2D eigenvalue weighted by Crippen LogP contribution is 2.34. The molecule has 3 heteroatoms. The third-order valence-corrected chi connectivity index (χ3v) is 4.60. The number of phenols is 1. The minimum atomic E-state index is 0.383. The Morgan fingerprint density at radius 3 is 2.95 bits per heavy atom. The van der Waals surface area contributed by atoms with Gasteiger partial charge in [0.25, 0.3) is 0 Å². The molecule has 0 heterocycles. The van der Waals surface area contributed by atoms with Crippen molar-refractivity contribution in [2.45, 2.75) is 56.7 Å². The number of rotatable bonds is 3. The van der Waals surface area contributed by atoms with Gasteiger partial charge in [0.1, 0.15) is 5.75 Å². The van der Waals surface area contributed by atoms with E-state index in [1.54, 1.807) is 13.2 Å². The first-order valence-corrected chi connectivity index (χ1v) is 7.37. The Morgan fingerprint density at radius 1 is 1.26 bits per heavy atom. The third-order valence-electron chi connectivity index (χ3n) is 4.60. The Kier molecular flexibility index (Phi) is 3.76. The van der Waals surface area contributed by atoms with E-state index in [1.165, 1.54) is 30.4 Å². The molecule has 3 unspecified atom stereocenters. The second kappa shape index (κ2) is 5.51. The lowest BCUT2D eigenvalue weighted by molar-refractivity contribution is 0.106. The molecule has 3 atom stereocenters. The van der Waals surface area contributed by atoms with Crippen LogP contribution in [0.1, 0.15) is 49.3 Å². The van der Waals surface area contributed by atoms with Gasteiger partial charge in [-0.3, -0.25) is 0 Å². The van der Waals surface area contributed by atoms with Gasteiger partial charge in [-0.15, -0.1) is 0 Å². The van der Waals surface area contributed by atoms with Gasteiger partial charge in [-0.2, -0.15) is 0 Å². The van der Waals surface area contributed by atoms with E-state index in [9.17, 15) is 5.11 Å². The standard InChI is InChI=1S/C16H23NO2/c1-19-14-8-6-12(9-14)17-16-4-2-3-11-5-7-13(18)10-15(11)16/h5,7,10,12,14,16-18H,2-4,6,8-9H2,1H3. The van der Waals surface area contributed by atoms with Crippen molar-refractivity contribution in [3.63, 3.8) is 0 Å². The van der Waals surface area contributed by atoms with Crippen LogP contribution in [0.15, 0.2) is 18.2 Å². The SMILES string of the molecule is COC1CCC(NC2CCCc3ccc(O)cc32)C1. The lowest BCUT2D eigenvalue weighted by atomic mass is 9.87. The Labute approximate surface area is 115 Å². The maximum Gasteiger partial charge on any atom is 0.115 e. The Hall–Kier alpha value is -1.06. The Morgan fingerprint density at radius 2 is 2.16 bits per heavy atom. The molecule has 1 saturated carbocycles. The number of benzene rings is 1. The molecule has 0 aliphatic heterocycles. The van der Waals surface area contributed by atoms with E-state index in [0.29, 0.717) is 23.9 Å². The van der Waals surface area contributed by atoms with E-state index in [4.69, 9.17) is 4.74 Å². The summed E-state index contributed by atoms with van der Waals surface area (Å²) in [5, 5.41) is 13.5. The third kappa shape index (κ3) is 2.77. The predicted octanol–water partition coefficient (Wildman–Crippen LogP) is 2.93. The zero-order valence-electron chi connectivity index (χ0n) is 11.6. The molecule has 1 aromatic rings. The van der Waals surface area contributed by atoms with Gasteiger partial charge in [0.15, 0.2) is 0 Å². The molecular weight excluding hydrogens is 238 g/mol. The van der Waals surface area contributed by atoms with Crippen LogP contribution < -0.4 is 5.32 Å². The van der Waals surface area contributed by atoms with Crippen molar-refractivity contribution in [1.82, 2.24) is 5.32 Å². The van der Waals surface area contributed by atoms with E-state index in [1.807, 2.05) is 6.07 Å². The minimum absolute atomic E-state index is 0.383. The zero-order chi connectivity index (χ0) is 13.2. The summed E-state index contributed by atoms with van der Waals surface area (Å²) in [6.07, 6.45) is 7.43. The minimum Gasteiger partial charge on any atom is -0.508 e. The number of ether oxygens (including phenoxy) is 1. The summed E-state index contributed by atoms with van der Waals surface area (Å²) >= 11 is 0. The van der Waals surface area contributed by atoms with Crippen LogP contribution in [-0.4, -0.2) is 24.4 Å². The van der Waals surface area contributed by atoms with Gasteiger partial charge < -0.3 is 15.2 Å². The second-order valence-corrected chi connectivity index (χ2v) is 5.86. The Bertz CT molecular complexity index is 446. The number of nitrogens with one attached hydrogen (secondary N) is 1. The highest BCUT2D eigenvalue weighted by atomic mass is 16.5. The topological polar surface area (TPSA) is 41.5 Å². The van der Waals surface area contributed by atoms with Crippen molar-refractivity contribution in [1.29, 1.82) is 0 Å². The molecule has 0 spiro atoms. The summed E-state index contributed by atoms with van der Waals surface area (Å²) < 4.78 is 5.44. The van der Waals surface area contributed by atoms with Crippen molar-refractivity contribution in [3.8, 4) is 5.75 Å². The van der Waals surface area contributed by atoms with Crippen LogP contribution in [-0.2, 0) is 11.2 Å². The van der Waals surface area contributed by atoms with Crippen LogP contribution in [0.4, 0.5) is 0 Å². The Balaban J connectivity index is 1.71. The lowest BCUT2D eigenvalue weighted by Gasteiger charge is -2.29. The normalized spacial score (nSPS) is 30.3. The van der Waals surface area contributed by atoms with Crippen molar-refractivity contribution < 1.29 is 9.84 Å². The van der Waals surface area contributed by atoms with Crippen LogP contribution in [0.25, 0.3) is 0 Å². The van der Waals surface area contributed by atoms with Gasteiger partial charge in [0.05, 0.1) is 6.10 Å². The average molecular weight is 261 g/mol. The molecule has 0 amide bonds. The van der Waals surface area contributed by atoms with Crippen LogP contribution >= 0.6 is 0 Å². The molecule has 3 rings (SSSR count). The maximum atomic E-state index is 9.70. The summed E-state index contributed by atoms with van der Waals surface area (Å²) in [7, 11) is 1.81. The quantitative estimate of drug-likeness (QED) is 0.879. The van der Waals surface area contributed by atoms with E-state index in [-0.39, 0.29) is 0 Å². The summed E-state index contributed by atoms with van der Waals surface area (Å²) in [6, 6.07) is 6.78. The summed E-state index contributed by atoms with van der Waals surface area (Å²) in [4.78, 5) is 0. The van der Waals surface area contributed by atoms with Crippen LogP contribution in [0, 0.1) is 0 Å². The van der Waals surface area contributed by atoms with Crippen LogP contribution in [0.3, 0.4) is 0 Å². The highest BCUT2D eigenvalue weighted by molar-refractivity contribution is 5.38. The molecule has 0 saturated heterocycles. The zero-order valence-corrected chi connectivity index (χ0v) is 11.6. The van der Waals surface area contributed by atoms with Crippen molar-refractivity contribution >= 4 is 0 Å². The first-order valence-electron chi connectivity index (χ1n) is 7.37. The lowest BCUT2D eigenvalue weighted by Crippen LogP contribution is -2.33.